The van der Waals surface area contributed by atoms with Gasteiger partial charge in [0, 0.05) is 6.04 Å². The Labute approximate surface area is 127 Å². The molecular formula is C19H37N. The van der Waals surface area contributed by atoms with Gasteiger partial charge in [-0.3, -0.25) is 0 Å². The maximum Gasteiger partial charge on any atom is 0.00698 e. The molecule has 118 valence electrons. The van der Waals surface area contributed by atoms with E-state index in [1.54, 1.807) is 0 Å². The molecule has 2 saturated carbocycles. The van der Waals surface area contributed by atoms with Gasteiger partial charge in [-0.25, -0.2) is 0 Å². The van der Waals surface area contributed by atoms with Crippen molar-refractivity contribution in [2.24, 2.45) is 23.2 Å². The standard InChI is InChI=1S/C19H37N/c1-5-15-7-6-8-18(13-15)20-14-16-9-11-17(12-10-16)19(2,3)4/h15-18,20H,5-14H2,1-4H3. The van der Waals surface area contributed by atoms with E-state index in [2.05, 4.69) is 33.0 Å². The molecule has 1 N–H and O–H groups in total. The second-order valence-electron chi connectivity index (χ2n) is 8.63. The Morgan fingerprint density at radius 1 is 0.900 bits per heavy atom. The normalized spacial score (nSPS) is 36.0. The largest absolute Gasteiger partial charge is 0.314 e. The van der Waals surface area contributed by atoms with Crippen LogP contribution in [0.3, 0.4) is 0 Å². The predicted octanol–water partition coefficient (Wildman–Crippen LogP) is 5.40. The third kappa shape index (κ3) is 4.76. The Morgan fingerprint density at radius 2 is 1.60 bits per heavy atom. The smallest absolute Gasteiger partial charge is 0.00698 e. The molecule has 0 radical (unpaired) electrons. The average molecular weight is 280 g/mol. The molecule has 1 nitrogen and oxygen atoms in total. The maximum absolute atomic E-state index is 3.91. The average Bonchev–Trinajstić information content (AvgIpc) is 2.45. The van der Waals surface area contributed by atoms with Gasteiger partial charge in [0.15, 0.2) is 0 Å². The summed E-state index contributed by atoms with van der Waals surface area (Å²) in [5, 5.41) is 3.91. The Morgan fingerprint density at radius 3 is 2.20 bits per heavy atom. The molecule has 0 saturated heterocycles. The van der Waals surface area contributed by atoms with Crippen LogP contribution in [0.1, 0.15) is 85.5 Å². The predicted molar refractivity (Wildman–Crippen MR) is 88.9 cm³/mol. The van der Waals surface area contributed by atoms with Gasteiger partial charge >= 0.3 is 0 Å². The molecule has 0 spiro atoms. The fourth-order valence-corrected chi connectivity index (χ4v) is 4.41. The first kappa shape index (κ1) is 16.3. The molecule has 0 aromatic carbocycles. The monoisotopic (exact) mass is 279 g/mol. The lowest BCUT2D eigenvalue weighted by Gasteiger charge is -2.38. The Balaban J connectivity index is 1.66. The Kier molecular flexibility index (Phi) is 5.95. The molecule has 2 atom stereocenters. The van der Waals surface area contributed by atoms with Gasteiger partial charge in [0.2, 0.25) is 0 Å². The summed E-state index contributed by atoms with van der Waals surface area (Å²) in [7, 11) is 0. The van der Waals surface area contributed by atoms with Crippen molar-refractivity contribution in [3.05, 3.63) is 0 Å². The quantitative estimate of drug-likeness (QED) is 0.727. The number of nitrogens with one attached hydrogen (secondary N) is 1. The zero-order chi connectivity index (χ0) is 14.6. The van der Waals surface area contributed by atoms with Crippen LogP contribution in [0, 0.1) is 23.2 Å². The second kappa shape index (κ2) is 7.29. The van der Waals surface area contributed by atoms with Crippen molar-refractivity contribution in [2.75, 3.05) is 6.54 Å². The van der Waals surface area contributed by atoms with E-state index in [0.29, 0.717) is 5.41 Å². The van der Waals surface area contributed by atoms with Crippen molar-refractivity contribution in [3.8, 4) is 0 Å². The minimum atomic E-state index is 0.524. The first-order chi connectivity index (χ1) is 9.49. The zero-order valence-electron chi connectivity index (χ0n) is 14.4. The van der Waals surface area contributed by atoms with E-state index in [1.165, 1.54) is 64.3 Å². The summed E-state index contributed by atoms with van der Waals surface area (Å²) in [6.07, 6.45) is 13.0. The van der Waals surface area contributed by atoms with Crippen molar-refractivity contribution in [2.45, 2.75) is 91.5 Å². The molecule has 0 aromatic heterocycles. The van der Waals surface area contributed by atoms with Crippen molar-refractivity contribution >= 4 is 0 Å². The fourth-order valence-electron chi connectivity index (χ4n) is 4.41. The van der Waals surface area contributed by atoms with E-state index in [1.807, 2.05) is 0 Å². The van der Waals surface area contributed by atoms with E-state index >= 15 is 0 Å². The van der Waals surface area contributed by atoms with Gasteiger partial charge in [-0.15, -0.1) is 0 Å². The van der Waals surface area contributed by atoms with Crippen molar-refractivity contribution < 1.29 is 0 Å². The molecule has 0 bridgehead atoms. The molecular weight excluding hydrogens is 242 g/mol. The molecule has 0 heterocycles. The van der Waals surface area contributed by atoms with Crippen molar-refractivity contribution in [1.29, 1.82) is 0 Å². The summed E-state index contributed by atoms with van der Waals surface area (Å²) in [5.41, 5.74) is 0.524. The van der Waals surface area contributed by atoms with Crippen LogP contribution >= 0.6 is 0 Å². The molecule has 0 aliphatic heterocycles. The van der Waals surface area contributed by atoms with Gasteiger partial charge in [0.1, 0.15) is 0 Å². The van der Waals surface area contributed by atoms with Gasteiger partial charge in [0.05, 0.1) is 0 Å². The van der Waals surface area contributed by atoms with Gasteiger partial charge in [0.25, 0.3) is 0 Å². The van der Waals surface area contributed by atoms with Gasteiger partial charge < -0.3 is 5.32 Å². The van der Waals surface area contributed by atoms with E-state index in [9.17, 15) is 0 Å². The third-order valence-electron chi connectivity index (χ3n) is 6.13. The molecule has 0 aromatic rings. The molecule has 2 rings (SSSR count). The fraction of sp³-hybridized carbons (Fsp3) is 1.00. The molecule has 2 aliphatic carbocycles. The van der Waals surface area contributed by atoms with Crippen LogP contribution in [-0.4, -0.2) is 12.6 Å². The van der Waals surface area contributed by atoms with Crippen LogP contribution in [-0.2, 0) is 0 Å². The highest BCUT2D eigenvalue weighted by Gasteiger charge is 2.30. The molecule has 2 aliphatic rings. The highest BCUT2D eigenvalue weighted by molar-refractivity contribution is 4.83. The van der Waals surface area contributed by atoms with Crippen LogP contribution in [0.2, 0.25) is 0 Å². The molecule has 2 unspecified atom stereocenters. The van der Waals surface area contributed by atoms with E-state index in [0.717, 1.165) is 23.8 Å². The zero-order valence-corrected chi connectivity index (χ0v) is 14.4. The summed E-state index contributed by atoms with van der Waals surface area (Å²) < 4.78 is 0. The number of hydrogen-bond acceptors (Lipinski definition) is 1. The minimum absolute atomic E-state index is 0.524. The second-order valence-corrected chi connectivity index (χ2v) is 8.63. The van der Waals surface area contributed by atoms with Crippen LogP contribution in [0.15, 0.2) is 0 Å². The number of rotatable bonds is 4. The minimum Gasteiger partial charge on any atom is -0.314 e. The van der Waals surface area contributed by atoms with E-state index in [-0.39, 0.29) is 0 Å². The Hall–Kier alpha value is -0.0400. The maximum atomic E-state index is 3.91. The van der Waals surface area contributed by atoms with Gasteiger partial charge in [-0.1, -0.05) is 47.0 Å². The summed E-state index contributed by atoms with van der Waals surface area (Å²) in [6, 6.07) is 0.828. The van der Waals surface area contributed by atoms with Gasteiger partial charge in [-0.2, -0.15) is 0 Å². The highest BCUT2D eigenvalue weighted by atomic mass is 14.9. The summed E-state index contributed by atoms with van der Waals surface area (Å²) in [5.74, 6) is 2.91. The lowest BCUT2D eigenvalue weighted by Crippen LogP contribution is -2.38. The number of hydrogen-bond donors (Lipinski definition) is 1. The third-order valence-corrected chi connectivity index (χ3v) is 6.13. The molecule has 1 heteroatoms. The van der Waals surface area contributed by atoms with E-state index in [4.69, 9.17) is 0 Å². The van der Waals surface area contributed by atoms with Crippen molar-refractivity contribution in [1.82, 2.24) is 5.32 Å². The SMILES string of the molecule is CCC1CCCC(NCC2CCC(C(C)(C)C)CC2)C1. The summed E-state index contributed by atoms with van der Waals surface area (Å²) in [6.45, 7) is 10.9. The highest BCUT2D eigenvalue weighted by Crippen LogP contribution is 2.39. The lowest BCUT2D eigenvalue weighted by molar-refractivity contribution is 0.145. The first-order valence-corrected chi connectivity index (χ1v) is 9.22. The molecule has 0 amide bonds. The lowest BCUT2D eigenvalue weighted by atomic mass is 9.70. The van der Waals surface area contributed by atoms with Crippen LogP contribution in [0.5, 0.6) is 0 Å². The van der Waals surface area contributed by atoms with Crippen LogP contribution in [0.4, 0.5) is 0 Å². The van der Waals surface area contributed by atoms with Crippen LogP contribution < -0.4 is 5.32 Å². The topological polar surface area (TPSA) is 12.0 Å². The summed E-state index contributed by atoms with van der Waals surface area (Å²) in [4.78, 5) is 0. The van der Waals surface area contributed by atoms with Crippen LogP contribution in [0.25, 0.3) is 0 Å². The molecule has 2 fully saturated rings. The van der Waals surface area contributed by atoms with E-state index < -0.39 is 0 Å². The van der Waals surface area contributed by atoms with Crippen molar-refractivity contribution in [3.63, 3.8) is 0 Å². The summed E-state index contributed by atoms with van der Waals surface area (Å²) >= 11 is 0. The first-order valence-electron chi connectivity index (χ1n) is 9.22. The Bertz CT molecular complexity index is 270. The van der Waals surface area contributed by atoms with Gasteiger partial charge in [-0.05, 0) is 68.2 Å². The molecule has 20 heavy (non-hydrogen) atoms.